The van der Waals surface area contributed by atoms with Crippen molar-refractivity contribution in [3.8, 4) is 0 Å². The maximum absolute atomic E-state index is 10.6. The number of allylic oxidation sites excluding steroid dienone is 1. The number of fused-ring (bicyclic) bond motifs is 3. The lowest BCUT2D eigenvalue weighted by Crippen LogP contribution is -2.34. The van der Waals surface area contributed by atoms with Crippen LogP contribution in [0.3, 0.4) is 0 Å². The number of hydrogen-bond donors (Lipinski definition) is 1. The fourth-order valence-electron chi connectivity index (χ4n) is 4.90. The summed E-state index contributed by atoms with van der Waals surface area (Å²) in [4.78, 5) is 0. The molecule has 16 heavy (non-hydrogen) atoms. The van der Waals surface area contributed by atoms with E-state index in [4.69, 9.17) is 0 Å². The van der Waals surface area contributed by atoms with Gasteiger partial charge in [-0.15, -0.1) is 0 Å². The Morgan fingerprint density at radius 2 is 1.88 bits per heavy atom. The normalized spacial score (nSPS) is 54.1. The van der Waals surface area contributed by atoms with Gasteiger partial charge in [-0.05, 0) is 61.7 Å². The second-order valence-corrected chi connectivity index (χ2v) is 7.18. The predicted molar refractivity (Wildman–Crippen MR) is 66.0 cm³/mol. The van der Waals surface area contributed by atoms with Crippen molar-refractivity contribution in [2.45, 2.75) is 52.1 Å². The highest BCUT2D eigenvalue weighted by Gasteiger charge is 2.67. The Morgan fingerprint density at radius 3 is 2.56 bits per heavy atom. The average molecular weight is 220 g/mol. The van der Waals surface area contributed by atoms with Crippen molar-refractivity contribution in [3.63, 3.8) is 0 Å². The zero-order chi connectivity index (χ0) is 11.7. The summed E-state index contributed by atoms with van der Waals surface area (Å²) in [6, 6.07) is 0. The third-order valence-electron chi connectivity index (χ3n) is 5.94. The van der Waals surface area contributed by atoms with Crippen LogP contribution < -0.4 is 0 Å². The largest absolute Gasteiger partial charge is 0.390 e. The summed E-state index contributed by atoms with van der Waals surface area (Å²) in [7, 11) is 0. The van der Waals surface area contributed by atoms with Crippen LogP contribution in [0.15, 0.2) is 12.2 Å². The van der Waals surface area contributed by atoms with Crippen LogP contribution in [-0.2, 0) is 0 Å². The van der Waals surface area contributed by atoms with E-state index in [9.17, 15) is 5.11 Å². The fourth-order valence-corrected chi connectivity index (χ4v) is 4.90. The summed E-state index contributed by atoms with van der Waals surface area (Å²) in [5.41, 5.74) is 1.46. The third kappa shape index (κ3) is 1.21. The highest BCUT2D eigenvalue weighted by atomic mass is 16.3. The van der Waals surface area contributed by atoms with Crippen molar-refractivity contribution in [2.24, 2.45) is 29.1 Å². The SMILES string of the molecule is C=C1CC[C@@H]2[C@H]([C@H]3[C@H]1CC[C@]3(C)O)C2(C)C. The molecule has 0 aliphatic heterocycles. The van der Waals surface area contributed by atoms with Crippen LogP contribution in [0.5, 0.6) is 0 Å². The van der Waals surface area contributed by atoms with Gasteiger partial charge in [0.15, 0.2) is 0 Å². The van der Waals surface area contributed by atoms with Gasteiger partial charge in [-0.1, -0.05) is 26.0 Å². The molecule has 5 atom stereocenters. The zero-order valence-corrected chi connectivity index (χ0v) is 10.8. The number of aliphatic hydroxyl groups is 1. The maximum atomic E-state index is 10.6. The molecule has 1 N–H and O–H groups in total. The van der Waals surface area contributed by atoms with E-state index in [0.29, 0.717) is 17.3 Å². The lowest BCUT2D eigenvalue weighted by Gasteiger charge is -2.31. The predicted octanol–water partition coefficient (Wildman–Crippen LogP) is 3.39. The first-order chi connectivity index (χ1) is 7.36. The van der Waals surface area contributed by atoms with Crippen LogP contribution in [0.25, 0.3) is 0 Å². The van der Waals surface area contributed by atoms with Gasteiger partial charge in [0, 0.05) is 0 Å². The van der Waals surface area contributed by atoms with E-state index in [1.807, 2.05) is 0 Å². The molecule has 0 bridgehead atoms. The van der Waals surface area contributed by atoms with Gasteiger partial charge in [-0.2, -0.15) is 0 Å². The Hall–Kier alpha value is -0.300. The van der Waals surface area contributed by atoms with Crippen molar-refractivity contribution in [1.29, 1.82) is 0 Å². The smallest absolute Gasteiger partial charge is 0.0656 e. The molecule has 3 rings (SSSR count). The fraction of sp³-hybridized carbons (Fsp3) is 0.867. The van der Waals surface area contributed by atoms with Gasteiger partial charge in [0.25, 0.3) is 0 Å². The summed E-state index contributed by atoms with van der Waals surface area (Å²) in [6.07, 6.45) is 4.64. The molecule has 3 aliphatic carbocycles. The molecule has 0 aromatic rings. The highest BCUT2D eigenvalue weighted by molar-refractivity contribution is 5.22. The van der Waals surface area contributed by atoms with E-state index in [1.165, 1.54) is 18.4 Å². The quantitative estimate of drug-likeness (QED) is 0.620. The molecule has 1 nitrogen and oxygen atoms in total. The topological polar surface area (TPSA) is 20.2 Å². The molecule has 0 aromatic carbocycles. The number of rotatable bonds is 0. The van der Waals surface area contributed by atoms with Crippen LogP contribution in [0.2, 0.25) is 0 Å². The Balaban J connectivity index is 1.98. The van der Waals surface area contributed by atoms with Crippen LogP contribution >= 0.6 is 0 Å². The lowest BCUT2D eigenvalue weighted by molar-refractivity contribution is -0.00137. The van der Waals surface area contributed by atoms with Crippen molar-refractivity contribution in [2.75, 3.05) is 0 Å². The first-order valence-corrected chi connectivity index (χ1v) is 6.76. The lowest BCUT2D eigenvalue weighted by atomic mass is 9.78. The van der Waals surface area contributed by atoms with Crippen LogP contribution in [0.1, 0.15) is 46.5 Å². The molecular weight excluding hydrogens is 196 g/mol. The molecule has 3 aliphatic rings. The molecule has 0 aromatic heterocycles. The van der Waals surface area contributed by atoms with Gasteiger partial charge in [0.05, 0.1) is 5.60 Å². The van der Waals surface area contributed by atoms with Gasteiger partial charge in [0.2, 0.25) is 0 Å². The minimum Gasteiger partial charge on any atom is -0.390 e. The molecule has 3 fully saturated rings. The monoisotopic (exact) mass is 220 g/mol. The van der Waals surface area contributed by atoms with Crippen molar-refractivity contribution >= 4 is 0 Å². The van der Waals surface area contributed by atoms with Gasteiger partial charge in [0.1, 0.15) is 0 Å². The standard InChI is InChI=1S/C15H24O/c1-9-5-6-11-13(14(11,2)3)12-10(9)7-8-15(12,4)16/h10-13,16H,1,5-8H2,2-4H3/t10-,11+,12+,13+,15-/m0/s1. The molecule has 0 radical (unpaired) electrons. The van der Waals surface area contributed by atoms with Gasteiger partial charge in [-0.3, -0.25) is 0 Å². The van der Waals surface area contributed by atoms with E-state index in [0.717, 1.165) is 24.7 Å². The summed E-state index contributed by atoms with van der Waals surface area (Å²) >= 11 is 0. The Kier molecular flexibility index (Phi) is 1.98. The number of hydrogen-bond acceptors (Lipinski definition) is 1. The molecule has 3 saturated carbocycles. The molecule has 0 unspecified atom stereocenters. The minimum absolute atomic E-state index is 0.436. The van der Waals surface area contributed by atoms with Gasteiger partial charge in [-0.25, -0.2) is 0 Å². The van der Waals surface area contributed by atoms with Crippen LogP contribution in [0.4, 0.5) is 0 Å². The second-order valence-electron chi connectivity index (χ2n) is 7.18. The molecular formula is C15H24O. The summed E-state index contributed by atoms with van der Waals surface area (Å²) in [5, 5.41) is 10.6. The van der Waals surface area contributed by atoms with E-state index >= 15 is 0 Å². The molecule has 0 amide bonds. The third-order valence-corrected chi connectivity index (χ3v) is 5.94. The van der Waals surface area contributed by atoms with Gasteiger partial charge < -0.3 is 5.11 Å². The molecule has 0 spiro atoms. The van der Waals surface area contributed by atoms with Crippen molar-refractivity contribution in [3.05, 3.63) is 12.2 Å². The van der Waals surface area contributed by atoms with E-state index in [2.05, 4.69) is 27.4 Å². The Morgan fingerprint density at radius 1 is 1.19 bits per heavy atom. The van der Waals surface area contributed by atoms with E-state index in [-0.39, 0.29) is 0 Å². The minimum atomic E-state index is -0.436. The summed E-state index contributed by atoms with van der Waals surface area (Å²) < 4.78 is 0. The Labute approximate surface area is 98.9 Å². The molecule has 0 heterocycles. The van der Waals surface area contributed by atoms with E-state index < -0.39 is 5.60 Å². The second kappa shape index (κ2) is 2.93. The zero-order valence-electron chi connectivity index (χ0n) is 10.8. The average Bonchev–Trinajstić information content (AvgIpc) is 2.61. The molecule has 1 heteroatoms. The first kappa shape index (κ1) is 10.8. The van der Waals surface area contributed by atoms with Gasteiger partial charge >= 0.3 is 0 Å². The Bertz CT molecular complexity index is 339. The van der Waals surface area contributed by atoms with Crippen molar-refractivity contribution in [1.82, 2.24) is 0 Å². The highest BCUT2D eigenvalue weighted by Crippen LogP contribution is 2.71. The molecule has 0 saturated heterocycles. The van der Waals surface area contributed by atoms with Crippen LogP contribution in [0, 0.1) is 29.1 Å². The maximum Gasteiger partial charge on any atom is 0.0656 e. The van der Waals surface area contributed by atoms with Crippen molar-refractivity contribution < 1.29 is 5.11 Å². The van der Waals surface area contributed by atoms with Crippen LogP contribution in [-0.4, -0.2) is 10.7 Å². The van der Waals surface area contributed by atoms with E-state index in [1.54, 1.807) is 0 Å². The summed E-state index contributed by atoms with van der Waals surface area (Å²) in [5.74, 6) is 2.67. The first-order valence-electron chi connectivity index (χ1n) is 6.76. The summed E-state index contributed by atoms with van der Waals surface area (Å²) in [6.45, 7) is 11.1. The molecule has 90 valence electrons.